The molecule has 0 atom stereocenters. The third-order valence-electron chi connectivity index (χ3n) is 3.62. The molecule has 140 valence electrons. The maximum atomic E-state index is 12.3. The zero-order valence-electron chi connectivity index (χ0n) is 14.6. The van der Waals surface area contributed by atoms with E-state index in [0.717, 1.165) is 0 Å². The van der Waals surface area contributed by atoms with E-state index in [0.29, 0.717) is 22.8 Å². The van der Waals surface area contributed by atoms with Gasteiger partial charge in [0.25, 0.3) is 15.9 Å². The molecule has 0 fully saturated rings. The van der Waals surface area contributed by atoms with Crippen molar-refractivity contribution in [1.82, 2.24) is 5.16 Å². The summed E-state index contributed by atoms with van der Waals surface area (Å²) in [7, 11) is -2.29. The third-order valence-corrected chi connectivity index (χ3v) is 4.99. The lowest BCUT2D eigenvalue weighted by Crippen LogP contribution is -2.15. The predicted molar refractivity (Wildman–Crippen MR) is 99.4 cm³/mol. The standard InChI is InChI=1S/C18H17N3O5S/c1-12-10-17(20-26-12)21-27(23,24)16-8-6-13(7-9-16)18(22)19-14-4-3-5-15(11-14)25-2/h3-11H,1-2H3,(H,19,22)(H,20,21). The second-order valence-electron chi connectivity index (χ2n) is 5.64. The predicted octanol–water partition coefficient (Wildman–Crippen LogP) is 3.04. The van der Waals surface area contributed by atoms with E-state index in [2.05, 4.69) is 15.2 Å². The Labute approximate surface area is 156 Å². The number of methoxy groups -OCH3 is 1. The van der Waals surface area contributed by atoms with Crippen molar-refractivity contribution in [3.05, 3.63) is 65.9 Å². The summed E-state index contributed by atoms with van der Waals surface area (Å²) in [5.41, 5.74) is 0.883. The van der Waals surface area contributed by atoms with Crippen LogP contribution in [0.1, 0.15) is 16.1 Å². The highest BCUT2D eigenvalue weighted by Crippen LogP contribution is 2.19. The quantitative estimate of drug-likeness (QED) is 0.673. The highest BCUT2D eigenvalue weighted by molar-refractivity contribution is 7.92. The maximum Gasteiger partial charge on any atom is 0.263 e. The number of carbonyl (C=O) groups excluding carboxylic acids is 1. The van der Waals surface area contributed by atoms with Crippen molar-refractivity contribution in [2.75, 3.05) is 17.1 Å². The van der Waals surface area contributed by atoms with Gasteiger partial charge < -0.3 is 14.6 Å². The topological polar surface area (TPSA) is 111 Å². The minimum atomic E-state index is -3.83. The molecule has 0 saturated heterocycles. The minimum absolute atomic E-state index is 0.00100. The van der Waals surface area contributed by atoms with Gasteiger partial charge in [0.1, 0.15) is 11.5 Å². The molecule has 0 unspecified atom stereocenters. The van der Waals surface area contributed by atoms with Crippen LogP contribution in [-0.4, -0.2) is 26.6 Å². The molecule has 1 heterocycles. The Balaban J connectivity index is 1.73. The van der Waals surface area contributed by atoms with Gasteiger partial charge in [-0.1, -0.05) is 11.2 Å². The molecule has 2 aromatic carbocycles. The summed E-state index contributed by atoms with van der Waals surface area (Å²) in [6.45, 7) is 1.65. The monoisotopic (exact) mass is 387 g/mol. The van der Waals surface area contributed by atoms with Crippen LogP contribution in [0.15, 0.2) is 64.0 Å². The van der Waals surface area contributed by atoms with Crippen LogP contribution in [0.3, 0.4) is 0 Å². The number of hydrogen-bond donors (Lipinski definition) is 2. The molecule has 8 nitrogen and oxygen atoms in total. The minimum Gasteiger partial charge on any atom is -0.497 e. The molecular formula is C18H17N3O5S. The Morgan fingerprint density at radius 1 is 1.11 bits per heavy atom. The second kappa shape index (κ2) is 7.50. The van der Waals surface area contributed by atoms with Crippen molar-refractivity contribution in [2.45, 2.75) is 11.8 Å². The summed E-state index contributed by atoms with van der Waals surface area (Å²) in [6, 6.07) is 13.9. The number of benzene rings is 2. The number of nitrogens with one attached hydrogen (secondary N) is 2. The van der Waals surface area contributed by atoms with Gasteiger partial charge in [0.15, 0.2) is 5.82 Å². The molecule has 0 saturated carbocycles. The van der Waals surface area contributed by atoms with Gasteiger partial charge in [0.2, 0.25) is 0 Å². The first kappa shape index (κ1) is 18.5. The number of carbonyl (C=O) groups is 1. The highest BCUT2D eigenvalue weighted by Gasteiger charge is 2.17. The number of hydrogen-bond acceptors (Lipinski definition) is 6. The fourth-order valence-electron chi connectivity index (χ4n) is 2.30. The first-order valence-corrected chi connectivity index (χ1v) is 9.37. The maximum absolute atomic E-state index is 12.3. The SMILES string of the molecule is COc1cccc(NC(=O)c2ccc(S(=O)(=O)Nc3cc(C)on3)cc2)c1. The van der Waals surface area contributed by atoms with Gasteiger partial charge in [0.05, 0.1) is 12.0 Å². The number of aromatic nitrogens is 1. The summed E-state index contributed by atoms with van der Waals surface area (Å²) in [5, 5.41) is 6.32. The first-order valence-electron chi connectivity index (χ1n) is 7.89. The van der Waals surface area contributed by atoms with Crippen molar-refractivity contribution in [2.24, 2.45) is 0 Å². The van der Waals surface area contributed by atoms with Crippen molar-refractivity contribution < 1.29 is 22.5 Å². The molecule has 0 spiro atoms. The lowest BCUT2D eigenvalue weighted by molar-refractivity contribution is 0.102. The molecule has 3 aromatic rings. The normalized spacial score (nSPS) is 11.0. The Bertz CT molecular complexity index is 1060. The van der Waals surface area contributed by atoms with E-state index in [4.69, 9.17) is 9.26 Å². The van der Waals surface area contributed by atoms with Crippen LogP contribution in [0.4, 0.5) is 11.5 Å². The lowest BCUT2D eigenvalue weighted by atomic mass is 10.2. The Kier molecular flexibility index (Phi) is 5.13. The molecular weight excluding hydrogens is 370 g/mol. The van der Waals surface area contributed by atoms with Crippen LogP contribution in [0.5, 0.6) is 5.75 Å². The van der Waals surface area contributed by atoms with E-state index in [9.17, 15) is 13.2 Å². The van der Waals surface area contributed by atoms with Crippen molar-refractivity contribution in [1.29, 1.82) is 0 Å². The van der Waals surface area contributed by atoms with Crippen LogP contribution in [0.2, 0.25) is 0 Å². The van der Waals surface area contributed by atoms with Crippen molar-refractivity contribution in [3.8, 4) is 5.75 Å². The largest absolute Gasteiger partial charge is 0.497 e. The molecule has 3 rings (SSSR count). The molecule has 0 aliphatic rings. The fourth-order valence-corrected chi connectivity index (χ4v) is 3.28. The van der Waals surface area contributed by atoms with Gasteiger partial charge in [-0.25, -0.2) is 8.42 Å². The van der Waals surface area contributed by atoms with E-state index >= 15 is 0 Å². The summed E-state index contributed by atoms with van der Waals surface area (Å²) in [6.07, 6.45) is 0. The summed E-state index contributed by atoms with van der Waals surface area (Å²) < 4.78 is 36.9. The molecule has 1 amide bonds. The van der Waals surface area contributed by atoms with E-state index < -0.39 is 10.0 Å². The highest BCUT2D eigenvalue weighted by atomic mass is 32.2. The van der Waals surface area contributed by atoms with Crippen molar-refractivity contribution in [3.63, 3.8) is 0 Å². The van der Waals surface area contributed by atoms with Gasteiger partial charge in [-0.3, -0.25) is 9.52 Å². The van der Waals surface area contributed by atoms with Gasteiger partial charge >= 0.3 is 0 Å². The van der Waals surface area contributed by atoms with E-state index in [1.54, 1.807) is 31.2 Å². The zero-order chi connectivity index (χ0) is 19.4. The van der Waals surface area contributed by atoms with Gasteiger partial charge in [-0.2, -0.15) is 0 Å². The smallest absolute Gasteiger partial charge is 0.263 e. The van der Waals surface area contributed by atoms with Crippen LogP contribution in [0.25, 0.3) is 0 Å². The molecule has 9 heteroatoms. The summed E-state index contributed by atoms with van der Waals surface area (Å²) >= 11 is 0. The van der Waals surface area contributed by atoms with Gasteiger partial charge in [0, 0.05) is 23.4 Å². The molecule has 0 radical (unpaired) electrons. The molecule has 0 aliphatic carbocycles. The molecule has 27 heavy (non-hydrogen) atoms. The second-order valence-corrected chi connectivity index (χ2v) is 7.32. The van der Waals surface area contributed by atoms with Crippen LogP contribution in [0, 0.1) is 6.92 Å². The van der Waals surface area contributed by atoms with E-state index in [1.807, 2.05) is 0 Å². The number of nitrogens with zero attached hydrogens (tertiary/aromatic N) is 1. The summed E-state index contributed by atoms with van der Waals surface area (Å²) in [5.74, 6) is 0.820. The van der Waals surface area contributed by atoms with E-state index in [-0.39, 0.29) is 16.6 Å². The Morgan fingerprint density at radius 3 is 2.48 bits per heavy atom. The number of sulfonamides is 1. The Morgan fingerprint density at radius 2 is 1.85 bits per heavy atom. The van der Waals surface area contributed by atoms with Gasteiger partial charge in [-0.05, 0) is 43.3 Å². The summed E-state index contributed by atoms with van der Waals surface area (Å²) in [4.78, 5) is 12.3. The third kappa shape index (κ3) is 4.45. The average Bonchev–Trinajstić information content (AvgIpc) is 3.06. The number of amides is 1. The van der Waals surface area contributed by atoms with E-state index in [1.165, 1.54) is 37.4 Å². The van der Waals surface area contributed by atoms with Crippen LogP contribution in [-0.2, 0) is 10.0 Å². The number of ether oxygens (including phenoxy) is 1. The number of anilines is 2. The molecule has 0 aliphatic heterocycles. The molecule has 0 bridgehead atoms. The fraction of sp³-hybridized carbons (Fsp3) is 0.111. The lowest BCUT2D eigenvalue weighted by Gasteiger charge is -2.08. The Hall–Kier alpha value is -3.33. The van der Waals surface area contributed by atoms with Crippen LogP contribution >= 0.6 is 0 Å². The molecule has 2 N–H and O–H groups in total. The number of rotatable bonds is 6. The zero-order valence-corrected chi connectivity index (χ0v) is 15.4. The first-order chi connectivity index (χ1) is 12.9. The van der Waals surface area contributed by atoms with Gasteiger partial charge in [-0.15, -0.1) is 0 Å². The number of aryl methyl sites for hydroxylation is 1. The molecule has 1 aromatic heterocycles. The van der Waals surface area contributed by atoms with Crippen molar-refractivity contribution >= 4 is 27.4 Å². The van der Waals surface area contributed by atoms with Crippen LogP contribution < -0.4 is 14.8 Å². The average molecular weight is 387 g/mol.